The summed E-state index contributed by atoms with van der Waals surface area (Å²) in [4.78, 5) is 48.3. The number of hydrogen-bond acceptors (Lipinski definition) is 10. The Morgan fingerprint density at radius 2 is 0.771 bits per heavy atom. The Morgan fingerprint density at radius 1 is 0.414 bits per heavy atom. The number of ether oxygens (including phenoxy) is 3. The van der Waals surface area contributed by atoms with E-state index in [1.807, 2.05) is 12.2 Å². The number of allylic oxidation sites excluding steroid dienone is 14. The predicted octanol–water partition coefficient (Wildman–Crippen LogP) is 15.9. The Morgan fingerprint density at radius 3 is 1.26 bits per heavy atom. The SMILES string of the molecule is CC/C=C\C/C=C\C/C=C\C/C=C\CCC(=O)OC(CO)COP(=O)(O)OCC(COC(=O)CCCCCCCCCCCCC)OC(=O)CCCCCCCC/C=C\C/C=C\C/C=C\CCCCC. The van der Waals surface area contributed by atoms with Crippen LogP contribution in [-0.4, -0.2) is 66.5 Å². The van der Waals surface area contributed by atoms with Crippen LogP contribution >= 0.6 is 7.82 Å². The molecule has 2 N–H and O–H groups in total. The van der Waals surface area contributed by atoms with Gasteiger partial charge in [-0.05, 0) is 83.5 Å². The number of carbonyl (C=O) groups excluding carboxylic acids is 3. The van der Waals surface area contributed by atoms with Crippen molar-refractivity contribution in [1.82, 2.24) is 0 Å². The molecule has 11 nitrogen and oxygen atoms in total. The maximum absolute atomic E-state index is 12.9. The van der Waals surface area contributed by atoms with Gasteiger partial charge < -0.3 is 24.2 Å². The van der Waals surface area contributed by atoms with E-state index in [2.05, 4.69) is 93.7 Å². The molecule has 0 saturated heterocycles. The lowest BCUT2D eigenvalue weighted by atomic mass is 10.1. The second kappa shape index (κ2) is 52.0. The summed E-state index contributed by atoms with van der Waals surface area (Å²) >= 11 is 0. The van der Waals surface area contributed by atoms with Crippen molar-refractivity contribution in [2.75, 3.05) is 26.4 Å². The highest BCUT2D eigenvalue weighted by Crippen LogP contribution is 2.43. The van der Waals surface area contributed by atoms with E-state index in [1.165, 1.54) is 70.6 Å². The zero-order chi connectivity index (χ0) is 51.3. The Bertz CT molecular complexity index is 1500. The van der Waals surface area contributed by atoms with Gasteiger partial charge in [0.1, 0.15) is 12.7 Å². The average Bonchev–Trinajstić information content (AvgIpc) is 3.35. The number of rotatable bonds is 50. The maximum atomic E-state index is 12.9. The molecule has 0 spiro atoms. The maximum Gasteiger partial charge on any atom is 0.472 e. The second-order valence-electron chi connectivity index (χ2n) is 18.0. The molecule has 0 fully saturated rings. The lowest BCUT2D eigenvalue weighted by molar-refractivity contribution is -0.161. The summed E-state index contributed by atoms with van der Waals surface area (Å²) in [5, 5.41) is 9.77. The third kappa shape index (κ3) is 49.6. The minimum absolute atomic E-state index is 0.0530. The number of carbonyl (C=O) groups is 3. The first-order valence-electron chi connectivity index (χ1n) is 27.5. The normalized spacial score (nSPS) is 14.1. The summed E-state index contributed by atoms with van der Waals surface area (Å²) in [6.07, 6.45) is 58.5. The van der Waals surface area contributed by atoms with E-state index in [0.717, 1.165) is 96.3 Å². The summed E-state index contributed by atoms with van der Waals surface area (Å²) in [6, 6.07) is 0. The van der Waals surface area contributed by atoms with Crippen LogP contribution in [0.4, 0.5) is 0 Å². The van der Waals surface area contributed by atoms with Crippen molar-refractivity contribution < 1.29 is 52.2 Å². The summed E-state index contributed by atoms with van der Waals surface area (Å²) in [5.74, 6) is -1.57. The van der Waals surface area contributed by atoms with Crippen LogP contribution in [0.5, 0.6) is 0 Å². The van der Waals surface area contributed by atoms with Crippen molar-refractivity contribution >= 4 is 25.7 Å². The molecule has 0 amide bonds. The first-order valence-corrected chi connectivity index (χ1v) is 29.0. The number of aliphatic hydroxyl groups is 1. The van der Waals surface area contributed by atoms with E-state index in [-0.39, 0.29) is 25.9 Å². The minimum atomic E-state index is -4.77. The molecule has 0 aromatic heterocycles. The lowest BCUT2D eigenvalue weighted by Gasteiger charge is -2.21. The molecule has 0 rings (SSSR count). The molecule has 0 aliphatic carbocycles. The van der Waals surface area contributed by atoms with Gasteiger partial charge in [-0.3, -0.25) is 23.4 Å². The highest BCUT2D eigenvalue weighted by Gasteiger charge is 2.28. The van der Waals surface area contributed by atoms with E-state index >= 15 is 0 Å². The van der Waals surface area contributed by atoms with Crippen molar-refractivity contribution in [2.24, 2.45) is 0 Å². The van der Waals surface area contributed by atoms with Gasteiger partial charge in [0.25, 0.3) is 0 Å². The molecular weight excluding hydrogens is 904 g/mol. The van der Waals surface area contributed by atoms with Gasteiger partial charge in [0.05, 0.1) is 19.8 Å². The Balaban J connectivity index is 4.79. The molecule has 3 unspecified atom stereocenters. The average molecular weight is 1000 g/mol. The van der Waals surface area contributed by atoms with Gasteiger partial charge in [-0.25, -0.2) is 4.57 Å². The van der Waals surface area contributed by atoms with Gasteiger partial charge in [0, 0.05) is 19.3 Å². The van der Waals surface area contributed by atoms with E-state index in [1.54, 1.807) is 0 Å². The Kier molecular flexibility index (Phi) is 49.5. The molecule has 402 valence electrons. The standard InChI is InChI=1S/C58H99O11P/c1-4-7-10-13-16-19-22-24-25-26-27-28-29-31-34-37-40-43-46-49-58(62)69-55(51-65-56(60)47-44-41-38-35-32-21-18-15-12-9-6-3)53-67-70(63,64)66-52-54(50-59)68-57(61)48-45-42-39-36-33-30-23-20-17-14-11-8-5-2/h8,11,16-17,19-20,24-25,27-28,30,33,39,42,54-55,59H,4-7,9-10,12-15,18,21-23,26,29,31-32,34-38,40-41,43-53H2,1-3H3,(H,63,64)/b11-8-,19-16-,20-17-,25-24-,28-27-,33-30-,42-39-. The van der Waals surface area contributed by atoms with E-state index in [0.29, 0.717) is 19.3 Å². The fourth-order valence-electron chi connectivity index (χ4n) is 7.14. The number of esters is 3. The number of phosphoric ester groups is 1. The third-order valence-corrected chi connectivity index (χ3v) is 12.3. The molecule has 0 heterocycles. The van der Waals surface area contributed by atoms with Crippen LogP contribution in [-0.2, 0) is 42.2 Å². The summed E-state index contributed by atoms with van der Waals surface area (Å²) in [7, 11) is -4.77. The number of hydrogen-bond donors (Lipinski definition) is 2. The van der Waals surface area contributed by atoms with Gasteiger partial charge >= 0.3 is 25.7 Å². The van der Waals surface area contributed by atoms with Crippen LogP contribution in [0.15, 0.2) is 85.1 Å². The largest absolute Gasteiger partial charge is 0.472 e. The monoisotopic (exact) mass is 1000 g/mol. The highest BCUT2D eigenvalue weighted by molar-refractivity contribution is 7.47. The molecule has 3 atom stereocenters. The van der Waals surface area contributed by atoms with Crippen molar-refractivity contribution in [2.45, 2.75) is 238 Å². The van der Waals surface area contributed by atoms with Crippen LogP contribution in [0, 0.1) is 0 Å². The summed E-state index contributed by atoms with van der Waals surface area (Å²) < 4.78 is 39.3. The molecule has 0 aliphatic heterocycles. The summed E-state index contributed by atoms with van der Waals surface area (Å²) in [6.45, 7) is 4.39. The van der Waals surface area contributed by atoms with Crippen molar-refractivity contribution in [3.05, 3.63) is 85.1 Å². The van der Waals surface area contributed by atoms with Crippen LogP contribution in [0.1, 0.15) is 226 Å². The molecule has 0 bridgehead atoms. The van der Waals surface area contributed by atoms with Crippen molar-refractivity contribution in [3.63, 3.8) is 0 Å². The molecule has 0 aromatic carbocycles. The predicted molar refractivity (Wildman–Crippen MR) is 288 cm³/mol. The van der Waals surface area contributed by atoms with Gasteiger partial charge in [0.2, 0.25) is 0 Å². The topological polar surface area (TPSA) is 155 Å². The van der Waals surface area contributed by atoms with Gasteiger partial charge in [-0.2, -0.15) is 0 Å². The van der Waals surface area contributed by atoms with Crippen LogP contribution in [0.25, 0.3) is 0 Å². The van der Waals surface area contributed by atoms with Gasteiger partial charge in [0.15, 0.2) is 6.10 Å². The minimum Gasteiger partial charge on any atom is -0.462 e. The molecule has 0 radical (unpaired) electrons. The van der Waals surface area contributed by atoms with Crippen molar-refractivity contribution in [3.8, 4) is 0 Å². The van der Waals surface area contributed by atoms with E-state index < -0.39 is 57.8 Å². The Hall–Kier alpha value is -3.34. The van der Waals surface area contributed by atoms with Gasteiger partial charge in [-0.15, -0.1) is 0 Å². The zero-order valence-electron chi connectivity index (χ0n) is 44.2. The molecule has 0 saturated carbocycles. The van der Waals surface area contributed by atoms with E-state index in [9.17, 15) is 28.9 Å². The number of unbranched alkanes of at least 4 members (excludes halogenated alkanes) is 19. The van der Waals surface area contributed by atoms with E-state index in [4.69, 9.17) is 23.3 Å². The second-order valence-corrected chi connectivity index (χ2v) is 19.5. The smallest absolute Gasteiger partial charge is 0.462 e. The number of phosphoric acid groups is 1. The van der Waals surface area contributed by atoms with Crippen LogP contribution < -0.4 is 0 Å². The lowest BCUT2D eigenvalue weighted by Crippen LogP contribution is -2.30. The zero-order valence-corrected chi connectivity index (χ0v) is 45.1. The molecule has 70 heavy (non-hydrogen) atoms. The third-order valence-electron chi connectivity index (χ3n) is 11.3. The summed E-state index contributed by atoms with van der Waals surface area (Å²) in [5.41, 5.74) is 0. The Labute approximate surface area is 426 Å². The fraction of sp³-hybridized carbons (Fsp3) is 0.707. The highest BCUT2D eigenvalue weighted by atomic mass is 31.2. The van der Waals surface area contributed by atoms with Gasteiger partial charge in [-0.1, -0.05) is 209 Å². The van der Waals surface area contributed by atoms with Crippen molar-refractivity contribution in [1.29, 1.82) is 0 Å². The molecule has 0 aromatic rings. The van der Waals surface area contributed by atoms with Crippen LogP contribution in [0.3, 0.4) is 0 Å². The fourth-order valence-corrected chi connectivity index (χ4v) is 7.92. The molecular formula is C58H99O11P. The first kappa shape index (κ1) is 66.7. The first-order chi connectivity index (χ1) is 34.2. The molecule has 12 heteroatoms. The quantitative estimate of drug-likeness (QED) is 0.0197. The van der Waals surface area contributed by atoms with Crippen LogP contribution in [0.2, 0.25) is 0 Å². The molecule has 0 aliphatic rings. The number of aliphatic hydroxyl groups excluding tert-OH is 1.